The molecule has 0 radical (unpaired) electrons. The first-order chi connectivity index (χ1) is 12.1. The molecule has 3 atom stereocenters. The molecule has 138 valence electrons. The fourth-order valence-electron chi connectivity index (χ4n) is 3.87. The molecule has 3 heterocycles. The van der Waals surface area contributed by atoms with Crippen molar-refractivity contribution in [3.05, 3.63) is 30.1 Å². The molecule has 3 rings (SSSR count). The molecule has 0 bridgehead atoms. The van der Waals surface area contributed by atoms with E-state index in [0.717, 1.165) is 45.4 Å². The fourth-order valence-corrected chi connectivity index (χ4v) is 3.87. The van der Waals surface area contributed by atoms with Gasteiger partial charge in [-0.3, -0.25) is 14.7 Å². The lowest BCUT2D eigenvalue weighted by atomic mass is 10.0. The van der Waals surface area contributed by atoms with E-state index in [0.29, 0.717) is 24.5 Å². The number of hydrogen-bond acceptors (Lipinski definition) is 4. The Balaban J connectivity index is 1.34. The standard InChI is InChI=1S/C20H31N3O2/c1-15(2)19-13-23-12-17(10-18(23)14-25-19)22-20(24)8-4-3-6-16-7-5-9-21-11-16/h5,7,9,11,15,17-19H,3-4,6,8,10,12-14H2,1-2H3,(H,22,24)/t17-,18-,19+/m0/s1. The van der Waals surface area contributed by atoms with E-state index >= 15 is 0 Å². The van der Waals surface area contributed by atoms with Crippen LogP contribution in [0.1, 0.15) is 45.1 Å². The van der Waals surface area contributed by atoms with Gasteiger partial charge in [-0.25, -0.2) is 0 Å². The van der Waals surface area contributed by atoms with E-state index in [4.69, 9.17) is 4.74 Å². The Kier molecular flexibility index (Phi) is 6.43. The summed E-state index contributed by atoms with van der Waals surface area (Å²) in [5.41, 5.74) is 1.25. The highest BCUT2D eigenvalue weighted by atomic mass is 16.5. The number of unbranched alkanes of at least 4 members (excludes halogenated alkanes) is 1. The van der Waals surface area contributed by atoms with Crippen molar-refractivity contribution in [3.8, 4) is 0 Å². The summed E-state index contributed by atoms with van der Waals surface area (Å²) in [7, 11) is 0. The van der Waals surface area contributed by atoms with Crippen LogP contribution in [-0.4, -0.2) is 53.7 Å². The number of rotatable bonds is 7. The molecular weight excluding hydrogens is 314 g/mol. The van der Waals surface area contributed by atoms with Crippen molar-refractivity contribution in [1.82, 2.24) is 15.2 Å². The SMILES string of the molecule is CC(C)[C@H]1CN2C[C@@H](NC(=O)CCCCc3cccnc3)C[C@H]2CO1. The number of carbonyl (C=O) groups excluding carboxylic acids is 1. The van der Waals surface area contributed by atoms with Gasteiger partial charge < -0.3 is 10.1 Å². The minimum atomic E-state index is 0.192. The number of aryl methyl sites for hydroxylation is 1. The minimum Gasteiger partial charge on any atom is -0.375 e. The van der Waals surface area contributed by atoms with E-state index in [1.54, 1.807) is 6.20 Å². The molecule has 0 aliphatic carbocycles. The second-order valence-corrected chi connectivity index (χ2v) is 7.79. The second-order valence-electron chi connectivity index (χ2n) is 7.79. The molecule has 25 heavy (non-hydrogen) atoms. The zero-order valence-corrected chi connectivity index (χ0v) is 15.5. The Labute approximate surface area is 151 Å². The van der Waals surface area contributed by atoms with Crippen LogP contribution in [0, 0.1) is 5.92 Å². The molecule has 1 N–H and O–H groups in total. The minimum absolute atomic E-state index is 0.192. The van der Waals surface area contributed by atoms with Gasteiger partial charge in [-0.15, -0.1) is 0 Å². The summed E-state index contributed by atoms with van der Waals surface area (Å²) in [5.74, 6) is 0.742. The van der Waals surface area contributed by atoms with Gasteiger partial charge in [0.05, 0.1) is 12.7 Å². The number of hydrogen-bond donors (Lipinski definition) is 1. The highest BCUT2D eigenvalue weighted by molar-refractivity contribution is 5.76. The number of carbonyl (C=O) groups is 1. The van der Waals surface area contributed by atoms with Crippen LogP contribution in [-0.2, 0) is 16.0 Å². The smallest absolute Gasteiger partial charge is 0.220 e. The summed E-state index contributed by atoms with van der Waals surface area (Å²) < 4.78 is 5.97. The number of nitrogens with one attached hydrogen (secondary N) is 1. The summed E-state index contributed by atoms with van der Waals surface area (Å²) >= 11 is 0. The summed E-state index contributed by atoms with van der Waals surface area (Å²) in [5, 5.41) is 3.23. The lowest BCUT2D eigenvalue weighted by Gasteiger charge is -2.36. The van der Waals surface area contributed by atoms with Crippen molar-refractivity contribution in [3.63, 3.8) is 0 Å². The van der Waals surface area contributed by atoms with Crippen molar-refractivity contribution >= 4 is 5.91 Å². The van der Waals surface area contributed by atoms with Crippen LogP contribution in [0.15, 0.2) is 24.5 Å². The largest absolute Gasteiger partial charge is 0.375 e. The second kappa shape index (κ2) is 8.77. The molecule has 1 aromatic heterocycles. The van der Waals surface area contributed by atoms with Gasteiger partial charge in [-0.2, -0.15) is 0 Å². The number of fused-ring (bicyclic) bond motifs is 1. The topological polar surface area (TPSA) is 54.5 Å². The Morgan fingerprint density at radius 2 is 2.28 bits per heavy atom. The Hall–Kier alpha value is -1.46. The number of pyridine rings is 1. The van der Waals surface area contributed by atoms with Gasteiger partial charge in [0.2, 0.25) is 5.91 Å². The van der Waals surface area contributed by atoms with E-state index in [9.17, 15) is 4.79 Å². The average Bonchev–Trinajstić information content (AvgIpc) is 3.00. The average molecular weight is 345 g/mol. The summed E-state index contributed by atoms with van der Waals surface area (Å²) in [6.45, 7) is 7.20. The Morgan fingerprint density at radius 1 is 1.40 bits per heavy atom. The Morgan fingerprint density at radius 3 is 3.04 bits per heavy atom. The van der Waals surface area contributed by atoms with Crippen LogP contribution in [0.2, 0.25) is 0 Å². The summed E-state index contributed by atoms with van der Waals surface area (Å²) in [6, 6.07) is 4.81. The molecular formula is C20H31N3O2. The quantitative estimate of drug-likeness (QED) is 0.771. The Bertz CT molecular complexity index is 549. The number of morpholine rings is 1. The number of ether oxygens (including phenoxy) is 1. The van der Waals surface area contributed by atoms with Crippen LogP contribution in [0.25, 0.3) is 0 Å². The zero-order valence-electron chi connectivity index (χ0n) is 15.5. The normalized spacial score (nSPS) is 26.6. The first-order valence-electron chi connectivity index (χ1n) is 9.65. The summed E-state index contributed by atoms with van der Waals surface area (Å²) in [4.78, 5) is 18.8. The van der Waals surface area contributed by atoms with Gasteiger partial charge in [0.25, 0.3) is 0 Å². The number of aromatic nitrogens is 1. The first kappa shape index (κ1) is 18.3. The molecule has 0 unspecified atom stereocenters. The van der Waals surface area contributed by atoms with Crippen molar-refractivity contribution < 1.29 is 9.53 Å². The van der Waals surface area contributed by atoms with Crippen LogP contribution < -0.4 is 5.32 Å². The van der Waals surface area contributed by atoms with Crippen molar-refractivity contribution in [2.45, 2.75) is 64.1 Å². The first-order valence-corrected chi connectivity index (χ1v) is 9.65. The van der Waals surface area contributed by atoms with Gasteiger partial charge in [0.15, 0.2) is 0 Å². The third-order valence-electron chi connectivity index (χ3n) is 5.40. The van der Waals surface area contributed by atoms with Crippen LogP contribution in [0.3, 0.4) is 0 Å². The maximum absolute atomic E-state index is 12.2. The molecule has 1 aromatic rings. The molecule has 0 aromatic carbocycles. The van der Waals surface area contributed by atoms with E-state index < -0.39 is 0 Å². The lowest BCUT2D eigenvalue weighted by Crippen LogP contribution is -2.48. The predicted molar refractivity (Wildman–Crippen MR) is 98.3 cm³/mol. The zero-order chi connectivity index (χ0) is 17.6. The van der Waals surface area contributed by atoms with E-state index in [1.807, 2.05) is 12.3 Å². The number of nitrogens with zero attached hydrogens (tertiary/aromatic N) is 2. The predicted octanol–water partition coefficient (Wildman–Crippen LogP) is 2.41. The van der Waals surface area contributed by atoms with E-state index in [2.05, 4.69) is 35.1 Å². The molecule has 2 aliphatic heterocycles. The van der Waals surface area contributed by atoms with Crippen LogP contribution in [0.4, 0.5) is 0 Å². The molecule has 5 nitrogen and oxygen atoms in total. The van der Waals surface area contributed by atoms with Crippen molar-refractivity contribution in [1.29, 1.82) is 0 Å². The van der Waals surface area contributed by atoms with Crippen LogP contribution >= 0.6 is 0 Å². The maximum Gasteiger partial charge on any atom is 0.220 e. The van der Waals surface area contributed by atoms with Crippen molar-refractivity contribution in [2.24, 2.45) is 5.92 Å². The summed E-state index contributed by atoms with van der Waals surface area (Å²) in [6.07, 6.45) is 8.62. The molecule has 2 saturated heterocycles. The molecule has 2 fully saturated rings. The lowest BCUT2D eigenvalue weighted by molar-refractivity contribution is -0.121. The van der Waals surface area contributed by atoms with Crippen LogP contribution in [0.5, 0.6) is 0 Å². The van der Waals surface area contributed by atoms with Gasteiger partial charge in [-0.1, -0.05) is 19.9 Å². The van der Waals surface area contributed by atoms with Gasteiger partial charge >= 0.3 is 0 Å². The maximum atomic E-state index is 12.2. The van der Waals surface area contributed by atoms with Crippen molar-refractivity contribution in [2.75, 3.05) is 19.7 Å². The molecule has 5 heteroatoms. The van der Waals surface area contributed by atoms with E-state index in [-0.39, 0.29) is 11.9 Å². The molecule has 2 aliphatic rings. The van der Waals surface area contributed by atoms with Gasteiger partial charge in [-0.05, 0) is 43.2 Å². The van der Waals surface area contributed by atoms with Gasteiger partial charge in [0, 0.05) is 44.0 Å². The molecule has 0 saturated carbocycles. The fraction of sp³-hybridized carbons (Fsp3) is 0.700. The molecule has 1 amide bonds. The third-order valence-corrected chi connectivity index (χ3v) is 5.40. The monoisotopic (exact) mass is 345 g/mol. The van der Waals surface area contributed by atoms with E-state index in [1.165, 1.54) is 5.56 Å². The highest BCUT2D eigenvalue weighted by Crippen LogP contribution is 2.25. The molecule has 0 spiro atoms. The third kappa shape index (κ3) is 5.25. The number of amides is 1. The van der Waals surface area contributed by atoms with Gasteiger partial charge in [0.1, 0.15) is 0 Å². The highest BCUT2D eigenvalue weighted by Gasteiger charge is 2.38.